The fourth-order valence-corrected chi connectivity index (χ4v) is 2.97. The van der Waals surface area contributed by atoms with Gasteiger partial charge in [-0.25, -0.2) is 0 Å². The van der Waals surface area contributed by atoms with Crippen molar-refractivity contribution in [2.45, 2.75) is 38.6 Å². The molecule has 1 heterocycles. The third kappa shape index (κ3) is 2.63. The number of rotatable bonds is 1. The third-order valence-corrected chi connectivity index (χ3v) is 3.76. The van der Waals surface area contributed by atoms with Gasteiger partial charge in [-0.3, -0.25) is 4.99 Å². The molecule has 2 aliphatic rings. The van der Waals surface area contributed by atoms with Gasteiger partial charge in [0.2, 0.25) is 0 Å². The summed E-state index contributed by atoms with van der Waals surface area (Å²) in [7, 11) is 0. The number of hydrogen-bond acceptors (Lipinski definition) is 3. The van der Waals surface area contributed by atoms with Crippen LogP contribution in [0.15, 0.2) is 4.99 Å². The van der Waals surface area contributed by atoms with E-state index in [9.17, 15) is 0 Å². The number of amidine groups is 1. The van der Waals surface area contributed by atoms with Crippen LogP contribution in [0.4, 0.5) is 0 Å². The van der Waals surface area contributed by atoms with Crippen molar-refractivity contribution in [3.8, 4) is 0 Å². The first-order valence-corrected chi connectivity index (χ1v) is 6.27. The smallest absolute Gasteiger partial charge is 0.156 e. The highest BCUT2D eigenvalue weighted by Gasteiger charge is 2.20. The predicted octanol–water partition coefficient (Wildman–Crippen LogP) is 2.26. The van der Waals surface area contributed by atoms with Crippen LogP contribution in [0, 0.1) is 5.92 Å². The average molecular weight is 198 g/mol. The molecule has 1 N–H and O–H groups in total. The molecular formula is C10H18N2S. The van der Waals surface area contributed by atoms with E-state index in [-0.39, 0.29) is 0 Å². The summed E-state index contributed by atoms with van der Waals surface area (Å²) in [6.45, 7) is 3.37. The molecule has 13 heavy (non-hydrogen) atoms. The molecule has 0 amide bonds. The molecular weight excluding hydrogens is 180 g/mol. The molecule has 2 atom stereocenters. The van der Waals surface area contributed by atoms with Gasteiger partial charge in [0.05, 0.1) is 6.54 Å². The van der Waals surface area contributed by atoms with Crippen molar-refractivity contribution < 1.29 is 0 Å². The molecule has 0 aromatic carbocycles. The number of aliphatic imine (C=N–C) groups is 1. The van der Waals surface area contributed by atoms with Gasteiger partial charge < -0.3 is 5.32 Å². The molecule has 0 saturated heterocycles. The molecule has 0 aromatic rings. The second-order valence-electron chi connectivity index (χ2n) is 4.15. The lowest BCUT2D eigenvalue weighted by Crippen LogP contribution is -2.36. The first-order valence-electron chi connectivity index (χ1n) is 5.28. The van der Waals surface area contributed by atoms with Gasteiger partial charge in [-0.15, -0.1) is 0 Å². The monoisotopic (exact) mass is 198 g/mol. The van der Waals surface area contributed by atoms with E-state index < -0.39 is 0 Å². The molecule has 1 fully saturated rings. The maximum Gasteiger partial charge on any atom is 0.156 e. The van der Waals surface area contributed by atoms with Crippen LogP contribution < -0.4 is 5.32 Å². The van der Waals surface area contributed by atoms with Gasteiger partial charge >= 0.3 is 0 Å². The van der Waals surface area contributed by atoms with Crippen molar-refractivity contribution in [3.05, 3.63) is 0 Å². The van der Waals surface area contributed by atoms with Gasteiger partial charge in [0.1, 0.15) is 0 Å². The summed E-state index contributed by atoms with van der Waals surface area (Å²) in [6, 6.07) is 0.702. The van der Waals surface area contributed by atoms with E-state index in [2.05, 4.69) is 17.2 Å². The van der Waals surface area contributed by atoms with E-state index in [1.54, 1.807) is 0 Å². The third-order valence-electron chi connectivity index (χ3n) is 2.85. The van der Waals surface area contributed by atoms with Crippen LogP contribution in [0.5, 0.6) is 0 Å². The van der Waals surface area contributed by atoms with Gasteiger partial charge in [-0.2, -0.15) is 0 Å². The zero-order valence-electron chi connectivity index (χ0n) is 8.25. The Morgan fingerprint density at radius 3 is 3.08 bits per heavy atom. The molecule has 0 radical (unpaired) electrons. The Labute approximate surface area is 84.6 Å². The van der Waals surface area contributed by atoms with Crippen molar-refractivity contribution >= 4 is 16.9 Å². The van der Waals surface area contributed by atoms with Gasteiger partial charge in [-0.1, -0.05) is 31.5 Å². The van der Waals surface area contributed by atoms with E-state index >= 15 is 0 Å². The summed E-state index contributed by atoms with van der Waals surface area (Å²) in [5.74, 6) is 2.07. The highest BCUT2D eigenvalue weighted by atomic mass is 32.2. The Hall–Kier alpha value is -0.180. The number of thioether (sulfide) groups is 1. The van der Waals surface area contributed by atoms with Crippen molar-refractivity contribution in [1.82, 2.24) is 5.32 Å². The molecule has 1 aliphatic heterocycles. The fourth-order valence-electron chi connectivity index (χ4n) is 2.16. The Kier molecular flexibility index (Phi) is 3.14. The van der Waals surface area contributed by atoms with Crippen LogP contribution in [0.3, 0.4) is 0 Å². The summed E-state index contributed by atoms with van der Waals surface area (Å²) >= 11 is 1.88. The van der Waals surface area contributed by atoms with Crippen LogP contribution >= 0.6 is 11.8 Å². The van der Waals surface area contributed by atoms with Gasteiger partial charge in [0.25, 0.3) is 0 Å². The molecule has 0 bridgehead atoms. The summed E-state index contributed by atoms with van der Waals surface area (Å²) in [4.78, 5) is 4.42. The molecule has 2 rings (SSSR count). The Balaban J connectivity index is 1.80. The largest absolute Gasteiger partial charge is 0.362 e. The van der Waals surface area contributed by atoms with E-state index in [0.29, 0.717) is 6.04 Å². The van der Waals surface area contributed by atoms with E-state index in [0.717, 1.165) is 12.5 Å². The topological polar surface area (TPSA) is 24.4 Å². The van der Waals surface area contributed by atoms with E-state index in [1.165, 1.54) is 36.6 Å². The highest BCUT2D eigenvalue weighted by molar-refractivity contribution is 8.14. The van der Waals surface area contributed by atoms with Crippen molar-refractivity contribution in [1.29, 1.82) is 0 Å². The number of nitrogens with one attached hydrogen (secondary N) is 1. The molecule has 3 heteroatoms. The lowest BCUT2D eigenvalue weighted by Gasteiger charge is -2.27. The lowest BCUT2D eigenvalue weighted by atomic mass is 9.87. The van der Waals surface area contributed by atoms with Crippen LogP contribution in [-0.2, 0) is 0 Å². The van der Waals surface area contributed by atoms with Crippen LogP contribution in [0.25, 0.3) is 0 Å². The zero-order chi connectivity index (χ0) is 9.10. The maximum atomic E-state index is 4.42. The first kappa shape index (κ1) is 9.38. The molecule has 1 aliphatic carbocycles. The molecule has 2 nitrogen and oxygen atoms in total. The Morgan fingerprint density at radius 1 is 1.46 bits per heavy atom. The Morgan fingerprint density at radius 2 is 2.38 bits per heavy atom. The quantitative estimate of drug-likeness (QED) is 0.699. The summed E-state index contributed by atoms with van der Waals surface area (Å²) in [6.07, 6.45) is 5.47. The van der Waals surface area contributed by atoms with Gasteiger partial charge in [0.15, 0.2) is 5.17 Å². The standard InChI is InChI=1S/C10H18N2S/c1-8-3-2-4-9(7-8)12-10-11-5-6-13-10/h8-9H,2-7H2,1H3,(H,11,12). The summed E-state index contributed by atoms with van der Waals surface area (Å²) in [5.41, 5.74) is 0. The predicted molar refractivity (Wildman–Crippen MR) is 59.3 cm³/mol. The SMILES string of the molecule is CC1CCCC(NC2=NCCS2)C1. The molecule has 74 valence electrons. The van der Waals surface area contributed by atoms with Crippen molar-refractivity contribution in [3.63, 3.8) is 0 Å². The van der Waals surface area contributed by atoms with Crippen LogP contribution in [-0.4, -0.2) is 23.5 Å². The average Bonchev–Trinajstić information content (AvgIpc) is 2.57. The first-order chi connectivity index (χ1) is 6.34. The minimum absolute atomic E-state index is 0.702. The fraction of sp³-hybridized carbons (Fsp3) is 0.900. The lowest BCUT2D eigenvalue weighted by molar-refractivity contribution is 0.327. The minimum atomic E-state index is 0.702. The molecule has 1 saturated carbocycles. The second kappa shape index (κ2) is 4.36. The van der Waals surface area contributed by atoms with Crippen LogP contribution in [0.1, 0.15) is 32.6 Å². The highest BCUT2D eigenvalue weighted by Crippen LogP contribution is 2.24. The minimum Gasteiger partial charge on any atom is -0.362 e. The van der Waals surface area contributed by atoms with Gasteiger partial charge in [0, 0.05) is 11.8 Å². The number of hydrogen-bond donors (Lipinski definition) is 1. The molecule has 0 spiro atoms. The van der Waals surface area contributed by atoms with Gasteiger partial charge in [-0.05, 0) is 18.8 Å². The normalized spacial score (nSPS) is 34.4. The Bertz CT molecular complexity index is 203. The summed E-state index contributed by atoms with van der Waals surface area (Å²) < 4.78 is 0. The zero-order valence-corrected chi connectivity index (χ0v) is 9.07. The summed E-state index contributed by atoms with van der Waals surface area (Å²) in [5, 5.41) is 4.75. The van der Waals surface area contributed by atoms with Crippen molar-refractivity contribution in [2.75, 3.05) is 12.3 Å². The van der Waals surface area contributed by atoms with E-state index in [4.69, 9.17) is 0 Å². The van der Waals surface area contributed by atoms with Crippen LogP contribution in [0.2, 0.25) is 0 Å². The van der Waals surface area contributed by atoms with E-state index in [1.807, 2.05) is 11.8 Å². The second-order valence-corrected chi connectivity index (χ2v) is 5.23. The number of nitrogens with zero attached hydrogens (tertiary/aromatic N) is 1. The molecule has 2 unspecified atom stereocenters. The molecule has 0 aromatic heterocycles. The maximum absolute atomic E-state index is 4.42. The van der Waals surface area contributed by atoms with Crippen molar-refractivity contribution in [2.24, 2.45) is 10.9 Å².